The first-order valence-electron chi connectivity index (χ1n) is 22.3. The van der Waals surface area contributed by atoms with Crippen LogP contribution in [0.15, 0.2) is 127 Å². The molecule has 0 bridgehead atoms. The third-order valence-corrected chi connectivity index (χ3v) is 15.2. The van der Waals surface area contributed by atoms with E-state index < -0.39 is 37.8 Å². The maximum absolute atomic E-state index is 12.7. The molecule has 2 aromatic heterocycles. The van der Waals surface area contributed by atoms with Gasteiger partial charge in [-0.3, -0.25) is 14.2 Å². The average molecular weight is 997 g/mol. The molecule has 8 rings (SSSR count). The number of aryl methyl sites for hydroxylation is 2. The van der Waals surface area contributed by atoms with E-state index in [1.54, 1.807) is 58.0 Å². The van der Waals surface area contributed by atoms with Crippen LogP contribution < -0.4 is 4.72 Å². The molecule has 6 aromatic rings. The van der Waals surface area contributed by atoms with Gasteiger partial charge in [-0.2, -0.15) is 38.0 Å². The summed E-state index contributed by atoms with van der Waals surface area (Å²) in [5, 5.41) is 10.6. The molecule has 4 aromatic carbocycles. The summed E-state index contributed by atoms with van der Waals surface area (Å²) in [7, 11) is -7.32. The average Bonchev–Trinajstić information content (AvgIpc) is 3.85. The number of fused-ring (bicyclic) bond motifs is 2. The Balaban J connectivity index is 0.000000176. The highest BCUT2D eigenvalue weighted by Crippen LogP contribution is 2.30. The van der Waals surface area contributed by atoms with Gasteiger partial charge in [-0.15, -0.1) is 0 Å². The number of nitrogens with one attached hydrogen (secondary N) is 1. The van der Waals surface area contributed by atoms with Crippen molar-refractivity contribution >= 4 is 62.0 Å². The van der Waals surface area contributed by atoms with Gasteiger partial charge < -0.3 is 4.74 Å². The Morgan fingerprint density at radius 3 is 1.62 bits per heavy atom. The van der Waals surface area contributed by atoms with Gasteiger partial charge >= 0.3 is 6.09 Å². The van der Waals surface area contributed by atoms with Crippen LogP contribution in [0.3, 0.4) is 0 Å². The number of carbonyl (C=O) groups is 2. The van der Waals surface area contributed by atoms with E-state index in [1.165, 1.54) is 11.0 Å². The first-order chi connectivity index (χ1) is 32.4. The predicted molar refractivity (Wildman–Crippen MR) is 274 cm³/mol. The van der Waals surface area contributed by atoms with E-state index in [4.69, 9.17) is 9.84 Å². The van der Waals surface area contributed by atoms with Crippen LogP contribution in [-0.2, 0) is 62.2 Å². The number of benzene rings is 4. The van der Waals surface area contributed by atoms with Gasteiger partial charge in [-0.1, -0.05) is 121 Å². The van der Waals surface area contributed by atoms with Crippen LogP contribution >= 0.6 is 23.5 Å². The van der Waals surface area contributed by atoms with Gasteiger partial charge in [0, 0.05) is 46.9 Å². The number of nitrogens with zero attached hydrogens (tertiary/aromatic N) is 5. The number of aromatic nitrogens is 4. The Kier molecular flexibility index (Phi) is 18.1. The summed E-state index contributed by atoms with van der Waals surface area (Å²) < 4.78 is 61.7. The minimum Gasteiger partial charge on any atom is -0.443 e. The Morgan fingerprint density at radius 2 is 1.16 bits per heavy atom. The Labute approximate surface area is 409 Å². The monoisotopic (exact) mass is 996 g/mol. The molecular formula is C51H60N6O7S4. The Hall–Kier alpha value is -5.46. The van der Waals surface area contributed by atoms with Crippen LogP contribution in [-0.4, -0.2) is 76.4 Å². The summed E-state index contributed by atoms with van der Waals surface area (Å²) in [6.07, 6.45) is 4.66. The Bertz CT molecular complexity index is 2850. The molecule has 1 amide bonds. The van der Waals surface area contributed by atoms with Gasteiger partial charge in [-0.25, -0.2) is 26.4 Å². The Morgan fingerprint density at radius 1 is 0.721 bits per heavy atom. The molecule has 1 N–H and O–H groups in total. The highest BCUT2D eigenvalue weighted by molar-refractivity contribution is 7.98. The van der Waals surface area contributed by atoms with Crippen molar-refractivity contribution < 1.29 is 31.2 Å². The van der Waals surface area contributed by atoms with Crippen molar-refractivity contribution in [1.82, 2.24) is 28.6 Å². The minimum absolute atomic E-state index is 0.306. The van der Waals surface area contributed by atoms with Crippen LogP contribution in [0.25, 0.3) is 6.08 Å². The lowest BCUT2D eigenvalue weighted by molar-refractivity contribution is 0.0347. The van der Waals surface area contributed by atoms with Crippen LogP contribution in [0.1, 0.15) is 108 Å². The van der Waals surface area contributed by atoms with Gasteiger partial charge in [0.05, 0.1) is 42.5 Å². The first-order valence-corrected chi connectivity index (χ1v) is 28.0. The molecule has 360 valence electrons. The molecular weight excluding hydrogens is 937 g/mol. The zero-order valence-electron chi connectivity index (χ0n) is 39.3. The molecule has 2 aliphatic heterocycles. The maximum atomic E-state index is 12.7. The van der Waals surface area contributed by atoms with E-state index in [-0.39, 0.29) is 6.04 Å². The maximum Gasteiger partial charge on any atom is 0.424 e. The van der Waals surface area contributed by atoms with Gasteiger partial charge in [0.25, 0.3) is 0 Å². The molecule has 0 saturated carbocycles. The highest BCUT2D eigenvalue weighted by atomic mass is 32.2. The third kappa shape index (κ3) is 14.8. The van der Waals surface area contributed by atoms with E-state index in [1.807, 2.05) is 113 Å². The van der Waals surface area contributed by atoms with Crippen molar-refractivity contribution in [3.63, 3.8) is 0 Å². The number of thioether (sulfide) groups is 2. The zero-order chi connectivity index (χ0) is 48.9. The van der Waals surface area contributed by atoms with Gasteiger partial charge in [0.15, 0.2) is 6.29 Å². The molecule has 0 fully saturated rings. The predicted octanol–water partition coefficient (Wildman–Crippen LogP) is 9.85. The first kappa shape index (κ1) is 51.9. The van der Waals surface area contributed by atoms with Crippen LogP contribution in [0.4, 0.5) is 4.79 Å². The fourth-order valence-electron chi connectivity index (χ4n) is 7.61. The SMILES string of the molecule is C[C@@H](c1ccccc1)N(C(=O)OC(C)(C)C)S(C)(=O)=O.C[C@H](NS(=O)(=O)/C=C/c1c2c(nn1Cc1ccccc1)CCSC2)c1ccccc1.O=Cc1c2c(nn1Cc1ccccc1)CCSC2. The minimum atomic E-state index is -3.73. The summed E-state index contributed by atoms with van der Waals surface area (Å²) in [5.41, 5.74) is 9.30. The summed E-state index contributed by atoms with van der Waals surface area (Å²) in [4.78, 5) is 23.4. The molecule has 68 heavy (non-hydrogen) atoms. The van der Waals surface area contributed by atoms with E-state index in [0.717, 1.165) is 103 Å². The van der Waals surface area contributed by atoms with Crippen molar-refractivity contribution in [3.8, 4) is 0 Å². The zero-order valence-corrected chi connectivity index (χ0v) is 42.6. The topological polar surface area (TPSA) is 163 Å². The van der Waals surface area contributed by atoms with Gasteiger partial charge in [0.1, 0.15) is 11.3 Å². The molecule has 0 saturated heterocycles. The quantitative estimate of drug-likeness (QED) is 0.110. The molecule has 0 unspecified atom stereocenters. The number of rotatable bonds is 13. The lowest BCUT2D eigenvalue weighted by Gasteiger charge is -2.30. The van der Waals surface area contributed by atoms with E-state index in [9.17, 15) is 26.4 Å². The second kappa shape index (κ2) is 23.7. The molecule has 0 radical (unpaired) electrons. The third-order valence-electron chi connectivity index (χ3n) is 10.9. The van der Waals surface area contributed by atoms with E-state index in [0.29, 0.717) is 13.1 Å². The molecule has 17 heteroatoms. The number of amides is 1. The molecule has 4 heterocycles. The number of ether oxygens (including phenoxy) is 1. The smallest absolute Gasteiger partial charge is 0.424 e. The lowest BCUT2D eigenvalue weighted by atomic mass is 10.1. The van der Waals surface area contributed by atoms with Crippen LogP contribution in [0.2, 0.25) is 0 Å². The molecule has 0 spiro atoms. The van der Waals surface area contributed by atoms with Crippen molar-refractivity contribution in [2.45, 2.75) is 89.7 Å². The second-order valence-corrected chi connectivity index (χ2v) is 23.0. The van der Waals surface area contributed by atoms with E-state index >= 15 is 0 Å². The van der Waals surface area contributed by atoms with Crippen molar-refractivity contribution in [2.75, 3.05) is 17.8 Å². The largest absolute Gasteiger partial charge is 0.443 e. The van der Waals surface area contributed by atoms with Crippen LogP contribution in [0, 0.1) is 0 Å². The number of hydrogen-bond acceptors (Lipinski definition) is 11. The highest BCUT2D eigenvalue weighted by Gasteiger charge is 2.33. The number of sulfonamides is 2. The molecule has 2 atom stereocenters. The summed E-state index contributed by atoms with van der Waals surface area (Å²) >= 11 is 3.73. The summed E-state index contributed by atoms with van der Waals surface area (Å²) in [6.45, 7) is 9.87. The summed E-state index contributed by atoms with van der Waals surface area (Å²) in [6, 6.07) is 37.8. The fraction of sp³-hybridized carbons (Fsp3) is 0.333. The summed E-state index contributed by atoms with van der Waals surface area (Å²) in [5.74, 6) is 3.93. The van der Waals surface area contributed by atoms with Crippen molar-refractivity contribution in [2.24, 2.45) is 0 Å². The standard InChI is InChI=1S/C23H25N3O2S2.C14H14N2OS.C14H21NO4S/c1-18(20-10-6-3-7-11-20)25-30(27,28)15-13-23-21-17-29-14-12-22(21)24-26(23)16-19-8-4-2-5-9-19;17-9-14-12-10-18-7-6-13(12)15-16(14)8-11-4-2-1-3-5-11;1-11(12-9-7-6-8-10-12)15(20(5,17)18)13(16)19-14(2,3)4/h2-11,13,15,18,25H,12,14,16-17H2,1H3;1-5,9H,6-8,10H2;6-11H,1-5H3/b15-13+;;/t18-;;11-/m0.0/s1. The molecule has 2 aliphatic rings. The van der Waals surface area contributed by atoms with E-state index in [2.05, 4.69) is 34.1 Å². The number of hydrogen-bond donors (Lipinski definition) is 1. The normalized spacial score (nSPS) is 14.5. The van der Waals surface area contributed by atoms with Crippen LogP contribution in [0.5, 0.6) is 0 Å². The van der Waals surface area contributed by atoms with Crippen molar-refractivity contribution in [3.05, 3.63) is 183 Å². The fourth-order valence-corrected chi connectivity index (χ4v) is 11.6. The second-order valence-electron chi connectivity index (χ2n) is 17.4. The number of aldehydes is 1. The molecule has 0 aliphatic carbocycles. The van der Waals surface area contributed by atoms with Gasteiger partial charge in [0.2, 0.25) is 20.0 Å². The lowest BCUT2D eigenvalue weighted by Crippen LogP contribution is -2.41. The molecule has 13 nitrogen and oxygen atoms in total. The van der Waals surface area contributed by atoms with Gasteiger partial charge in [-0.05, 0) is 74.5 Å². The van der Waals surface area contributed by atoms with Crippen molar-refractivity contribution in [1.29, 1.82) is 0 Å². The number of carbonyl (C=O) groups excluding carboxylic acids is 2.